The number of hydrogen-bond donors (Lipinski definition) is 1. The number of hydrogen-bond acceptors (Lipinski definition) is 3. The maximum absolute atomic E-state index is 11.7. The fourth-order valence-corrected chi connectivity index (χ4v) is 2.82. The van der Waals surface area contributed by atoms with Crippen LogP contribution in [0, 0.1) is 5.92 Å². The maximum atomic E-state index is 11.7. The summed E-state index contributed by atoms with van der Waals surface area (Å²) in [6.07, 6.45) is 2.04. The highest BCUT2D eigenvalue weighted by atomic mass is 35.5. The summed E-state index contributed by atoms with van der Waals surface area (Å²) in [5, 5.41) is 2.91. The number of nitrogens with one attached hydrogen (secondary N) is 1. The number of alkyl halides is 1. The monoisotopic (exact) mass is 308 g/mol. The highest BCUT2D eigenvalue weighted by Gasteiger charge is 2.29. The predicted molar refractivity (Wildman–Crippen MR) is 83.6 cm³/mol. The Hall–Kier alpha value is -1.10. The molecule has 1 heterocycles. The van der Waals surface area contributed by atoms with Crippen molar-refractivity contribution in [3.05, 3.63) is 29.8 Å². The molecule has 5 heteroatoms. The molecule has 3 rings (SSSR count). The van der Waals surface area contributed by atoms with E-state index >= 15 is 0 Å². The van der Waals surface area contributed by atoms with Gasteiger partial charge in [-0.05, 0) is 30.5 Å². The number of halogens is 1. The zero-order valence-electron chi connectivity index (χ0n) is 12.1. The van der Waals surface area contributed by atoms with Crippen molar-refractivity contribution < 1.29 is 9.53 Å². The molecule has 1 unspecified atom stereocenters. The summed E-state index contributed by atoms with van der Waals surface area (Å²) >= 11 is 6.49. The number of benzene rings is 1. The molecular weight excluding hydrogens is 288 g/mol. The number of carbonyl (C=O) groups excluding carboxylic acids is 1. The lowest BCUT2D eigenvalue weighted by molar-refractivity contribution is -0.117. The highest BCUT2D eigenvalue weighted by molar-refractivity contribution is 6.21. The maximum Gasteiger partial charge on any atom is 0.227 e. The summed E-state index contributed by atoms with van der Waals surface area (Å²) in [7, 11) is 0. The molecule has 0 spiro atoms. The summed E-state index contributed by atoms with van der Waals surface area (Å²) in [6, 6.07) is 7.87. The van der Waals surface area contributed by atoms with Crippen molar-refractivity contribution in [1.82, 2.24) is 4.90 Å². The van der Waals surface area contributed by atoms with E-state index in [-0.39, 0.29) is 17.2 Å². The molecule has 1 N–H and O–H groups in total. The Morgan fingerprint density at radius 2 is 1.95 bits per heavy atom. The van der Waals surface area contributed by atoms with Gasteiger partial charge >= 0.3 is 0 Å². The lowest BCUT2D eigenvalue weighted by Crippen LogP contribution is -2.38. The van der Waals surface area contributed by atoms with Crippen LogP contribution in [0.1, 0.15) is 23.8 Å². The van der Waals surface area contributed by atoms with Gasteiger partial charge in [0.2, 0.25) is 5.91 Å². The van der Waals surface area contributed by atoms with Gasteiger partial charge in [-0.15, -0.1) is 11.6 Å². The predicted octanol–water partition coefficient (Wildman–Crippen LogP) is 2.65. The van der Waals surface area contributed by atoms with Gasteiger partial charge in [0.25, 0.3) is 0 Å². The Balaban J connectivity index is 1.53. The summed E-state index contributed by atoms with van der Waals surface area (Å²) in [5.41, 5.74) is 1.94. The van der Waals surface area contributed by atoms with Gasteiger partial charge in [0.15, 0.2) is 0 Å². The van der Waals surface area contributed by atoms with Crippen LogP contribution in [0.2, 0.25) is 0 Å². The van der Waals surface area contributed by atoms with Gasteiger partial charge in [0, 0.05) is 31.2 Å². The average molecular weight is 309 g/mol. The summed E-state index contributed by atoms with van der Waals surface area (Å²) in [6.45, 7) is 4.29. The van der Waals surface area contributed by atoms with Gasteiger partial charge in [0.1, 0.15) is 0 Å². The number of anilines is 1. The number of carbonyl (C=O) groups is 1. The van der Waals surface area contributed by atoms with Gasteiger partial charge in [-0.3, -0.25) is 9.69 Å². The summed E-state index contributed by atoms with van der Waals surface area (Å²) in [5.74, 6) is 0.366. The molecule has 1 aliphatic carbocycles. The summed E-state index contributed by atoms with van der Waals surface area (Å²) in [4.78, 5) is 14.0. The summed E-state index contributed by atoms with van der Waals surface area (Å²) < 4.78 is 5.34. The first-order valence-corrected chi connectivity index (χ1v) is 8.01. The second-order valence-corrected chi connectivity index (χ2v) is 6.29. The number of rotatable bonds is 5. The van der Waals surface area contributed by atoms with Crippen molar-refractivity contribution in [2.45, 2.75) is 18.2 Å². The lowest BCUT2D eigenvalue weighted by atomic mass is 10.1. The van der Waals surface area contributed by atoms with Crippen molar-refractivity contribution in [3.8, 4) is 0 Å². The standard InChI is InChI=1S/C16H21ClN2O2/c17-15(11-19-7-9-21-10-8-19)12-3-5-14(6-4-12)18-16(20)13-1-2-13/h3-6,13,15H,1-2,7-11H2,(H,18,20). The van der Waals surface area contributed by atoms with E-state index in [0.717, 1.165) is 56.9 Å². The first-order valence-electron chi connectivity index (χ1n) is 7.57. The van der Waals surface area contributed by atoms with Crippen molar-refractivity contribution in [2.75, 3.05) is 38.2 Å². The Morgan fingerprint density at radius 3 is 2.57 bits per heavy atom. The van der Waals surface area contributed by atoms with Crippen LogP contribution < -0.4 is 5.32 Å². The van der Waals surface area contributed by atoms with Crippen LogP contribution in [0.25, 0.3) is 0 Å². The molecule has 1 aliphatic heterocycles. The minimum Gasteiger partial charge on any atom is -0.379 e. The first kappa shape index (κ1) is 14.8. The largest absolute Gasteiger partial charge is 0.379 e. The molecule has 0 bridgehead atoms. The van der Waals surface area contributed by atoms with Crippen molar-refractivity contribution >= 4 is 23.2 Å². The molecule has 21 heavy (non-hydrogen) atoms. The molecule has 1 saturated carbocycles. The van der Waals surface area contributed by atoms with Crippen LogP contribution in [-0.2, 0) is 9.53 Å². The van der Waals surface area contributed by atoms with Crippen LogP contribution in [-0.4, -0.2) is 43.7 Å². The molecule has 1 aromatic rings. The Bertz CT molecular complexity index is 482. The minimum atomic E-state index is -0.0312. The molecule has 1 aromatic carbocycles. The molecule has 114 valence electrons. The Morgan fingerprint density at radius 1 is 1.29 bits per heavy atom. The second-order valence-electron chi connectivity index (χ2n) is 5.77. The van der Waals surface area contributed by atoms with Crippen LogP contribution in [0.3, 0.4) is 0 Å². The number of amides is 1. The third kappa shape index (κ3) is 4.19. The molecule has 1 saturated heterocycles. The SMILES string of the molecule is O=C(Nc1ccc(C(Cl)CN2CCOCC2)cc1)C1CC1. The van der Waals surface area contributed by atoms with E-state index in [4.69, 9.17) is 16.3 Å². The number of ether oxygens (including phenoxy) is 1. The molecule has 0 aromatic heterocycles. The number of nitrogens with zero attached hydrogens (tertiary/aromatic N) is 1. The quantitative estimate of drug-likeness (QED) is 0.850. The zero-order valence-corrected chi connectivity index (χ0v) is 12.8. The van der Waals surface area contributed by atoms with E-state index in [1.54, 1.807) is 0 Å². The van der Waals surface area contributed by atoms with Gasteiger partial charge in [-0.1, -0.05) is 12.1 Å². The van der Waals surface area contributed by atoms with Gasteiger partial charge in [-0.2, -0.15) is 0 Å². The molecular formula is C16H21ClN2O2. The molecule has 1 atom stereocenters. The fraction of sp³-hybridized carbons (Fsp3) is 0.562. The molecule has 2 aliphatic rings. The van der Waals surface area contributed by atoms with E-state index < -0.39 is 0 Å². The first-order chi connectivity index (χ1) is 10.2. The second kappa shape index (κ2) is 6.77. The fourth-order valence-electron chi connectivity index (χ4n) is 2.48. The van der Waals surface area contributed by atoms with E-state index in [2.05, 4.69) is 10.2 Å². The third-order valence-electron chi connectivity index (χ3n) is 4.01. The molecule has 1 amide bonds. The smallest absolute Gasteiger partial charge is 0.227 e. The van der Waals surface area contributed by atoms with Crippen molar-refractivity contribution in [1.29, 1.82) is 0 Å². The Labute approximate surface area is 130 Å². The van der Waals surface area contributed by atoms with Crippen LogP contribution >= 0.6 is 11.6 Å². The van der Waals surface area contributed by atoms with Crippen LogP contribution in [0.15, 0.2) is 24.3 Å². The van der Waals surface area contributed by atoms with Gasteiger partial charge < -0.3 is 10.1 Å². The van der Waals surface area contributed by atoms with Crippen molar-refractivity contribution in [3.63, 3.8) is 0 Å². The zero-order chi connectivity index (χ0) is 14.7. The van der Waals surface area contributed by atoms with Gasteiger partial charge in [-0.25, -0.2) is 0 Å². The molecule has 4 nitrogen and oxygen atoms in total. The lowest BCUT2D eigenvalue weighted by Gasteiger charge is -2.28. The van der Waals surface area contributed by atoms with Crippen LogP contribution in [0.5, 0.6) is 0 Å². The van der Waals surface area contributed by atoms with Crippen molar-refractivity contribution in [2.24, 2.45) is 5.92 Å². The topological polar surface area (TPSA) is 41.6 Å². The van der Waals surface area contributed by atoms with E-state index in [9.17, 15) is 4.79 Å². The third-order valence-corrected chi connectivity index (χ3v) is 4.40. The Kier molecular flexibility index (Phi) is 4.78. The van der Waals surface area contributed by atoms with E-state index in [1.807, 2.05) is 24.3 Å². The van der Waals surface area contributed by atoms with Gasteiger partial charge in [0.05, 0.1) is 18.6 Å². The molecule has 2 fully saturated rings. The van der Waals surface area contributed by atoms with E-state index in [0.29, 0.717) is 0 Å². The minimum absolute atomic E-state index is 0.0312. The normalized spacial score (nSPS) is 21.0. The van der Waals surface area contributed by atoms with Crippen LogP contribution in [0.4, 0.5) is 5.69 Å². The molecule has 0 radical (unpaired) electrons. The van der Waals surface area contributed by atoms with E-state index in [1.165, 1.54) is 0 Å². The average Bonchev–Trinajstić information content (AvgIpc) is 3.33. The number of morpholine rings is 1. The highest BCUT2D eigenvalue weighted by Crippen LogP contribution is 2.30.